The zero-order valence-corrected chi connectivity index (χ0v) is 26.9. The van der Waals surface area contributed by atoms with Gasteiger partial charge in [0.2, 0.25) is 5.91 Å². The highest BCUT2D eigenvalue weighted by Crippen LogP contribution is 2.42. The van der Waals surface area contributed by atoms with Gasteiger partial charge in [0.05, 0.1) is 23.0 Å². The van der Waals surface area contributed by atoms with E-state index < -0.39 is 76.6 Å². The highest BCUT2D eigenvalue weighted by molar-refractivity contribution is 6.33. The minimum absolute atomic E-state index is 0.00608. The number of aromatic nitrogens is 1. The van der Waals surface area contributed by atoms with Gasteiger partial charge >= 0.3 is 12.1 Å². The Morgan fingerprint density at radius 1 is 1.06 bits per heavy atom. The normalized spacial score (nSPS) is 18.1. The third-order valence-electron chi connectivity index (χ3n) is 8.71. The van der Waals surface area contributed by atoms with Crippen LogP contribution in [0, 0.1) is 18.6 Å². The number of amides is 1. The minimum Gasteiger partial charge on any atom is -0.481 e. The lowest BCUT2D eigenvalue weighted by Gasteiger charge is -2.34. The number of fused-ring (bicyclic) bond motifs is 6. The van der Waals surface area contributed by atoms with Gasteiger partial charge in [-0.25, -0.2) is 13.2 Å². The van der Waals surface area contributed by atoms with Crippen molar-refractivity contribution >= 4 is 23.5 Å². The summed E-state index contributed by atoms with van der Waals surface area (Å²) in [4.78, 5) is 41.3. The number of carboxylic acids is 1. The number of hydrogen-bond donors (Lipinski definition) is 2. The van der Waals surface area contributed by atoms with Crippen molar-refractivity contribution in [3.63, 3.8) is 0 Å². The van der Waals surface area contributed by atoms with E-state index in [1.165, 1.54) is 37.3 Å². The highest BCUT2D eigenvalue weighted by Gasteiger charge is 2.38. The summed E-state index contributed by atoms with van der Waals surface area (Å²) in [6, 6.07) is 7.23. The van der Waals surface area contributed by atoms with Crippen molar-refractivity contribution in [3.05, 3.63) is 116 Å². The Kier molecular flexibility index (Phi) is 9.44. The van der Waals surface area contributed by atoms with Crippen molar-refractivity contribution in [2.24, 2.45) is 0 Å². The summed E-state index contributed by atoms with van der Waals surface area (Å²) in [6.07, 6.45) is -6.49. The molecule has 4 aromatic rings. The second-order valence-electron chi connectivity index (χ2n) is 12.2. The first-order chi connectivity index (χ1) is 23.6. The topological polar surface area (TPSA) is 101 Å². The van der Waals surface area contributed by atoms with E-state index in [4.69, 9.17) is 16.3 Å². The number of nitrogens with zero attached hydrogens (tertiary/aromatic N) is 2. The molecule has 15 heteroatoms. The molecule has 2 aliphatic rings. The minimum atomic E-state index is -4.99. The predicted molar refractivity (Wildman–Crippen MR) is 170 cm³/mol. The number of hydrogen-bond acceptors (Lipinski definition) is 5. The molecule has 2 aliphatic heterocycles. The smallest absolute Gasteiger partial charge is 0.416 e. The third-order valence-corrected chi connectivity index (χ3v) is 9.03. The Morgan fingerprint density at radius 2 is 1.80 bits per heavy atom. The average molecular weight is 720 g/mol. The van der Waals surface area contributed by atoms with Gasteiger partial charge in [0.1, 0.15) is 35.3 Å². The number of carboxylic acid groups (broad SMARTS) is 1. The molecule has 2 N–H and O–H groups in total. The van der Waals surface area contributed by atoms with Crippen LogP contribution in [-0.2, 0) is 22.2 Å². The highest BCUT2D eigenvalue weighted by atomic mass is 35.5. The van der Waals surface area contributed by atoms with Crippen LogP contribution in [0.15, 0.2) is 65.6 Å². The maximum absolute atomic E-state index is 15.8. The molecule has 50 heavy (non-hydrogen) atoms. The summed E-state index contributed by atoms with van der Waals surface area (Å²) in [6.45, 7) is 1.44. The summed E-state index contributed by atoms with van der Waals surface area (Å²) in [5.41, 5.74) is -3.23. The van der Waals surface area contributed by atoms with Crippen molar-refractivity contribution in [3.8, 4) is 22.6 Å². The van der Waals surface area contributed by atoms with Crippen molar-refractivity contribution in [2.75, 3.05) is 19.6 Å². The number of benzene rings is 3. The lowest BCUT2D eigenvalue weighted by molar-refractivity contribution is -0.139. The molecule has 6 rings (SSSR count). The SMILES string of the molecule is Cc1cc2cc(c1F)[C@@H](CC(=O)O)NC(=O)[C@H](n1cc(CCN3CC(F)C3)c(C(F)(F)F)cc1=O)c1cc(ccc1F)Oc1cccc(Cl)c1-2. The molecule has 1 fully saturated rings. The van der Waals surface area contributed by atoms with Crippen LogP contribution in [-0.4, -0.2) is 52.3 Å². The molecule has 1 amide bonds. The molecule has 262 valence electrons. The first-order valence-corrected chi connectivity index (χ1v) is 15.8. The van der Waals surface area contributed by atoms with E-state index in [2.05, 4.69) is 5.32 Å². The number of nitrogens with one attached hydrogen (secondary N) is 1. The van der Waals surface area contributed by atoms with E-state index in [0.717, 1.165) is 18.3 Å². The fourth-order valence-electron chi connectivity index (χ4n) is 6.29. The Balaban J connectivity index is 1.58. The number of likely N-dealkylation sites (tertiary alicyclic amines) is 1. The van der Waals surface area contributed by atoms with Gasteiger partial charge in [-0.15, -0.1) is 0 Å². The van der Waals surface area contributed by atoms with Crippen LogP contribution in [0.5, 0.6) is 11.5 Å². The van der Waals surface area contributed by atoms with E-state index in [-0.39, 0.29) is 65.3 Å². The molecule has 0 aliphatic carbocycles. The van der Waals surface area contributed by atoms with E-state index in [0.29, 0.717) is 10.1 Å². The van der Waals surface area contributed by atoms with Gasteiger partial charge < -0.3 is 15.2 Å². The molecular formula is C35H28ClF6N3O5. The Hall–Kier alpha value is -4.82. The summed E-state index contributed by atoms with van der Waals surface area (Å²) in [5.74, 6) is -4.54. The number of halogens is 7. The number of alkyl halides is 4. The maximum atomic E-state index is 15.8. The van der Waals surface area contributed by atoms with E-state index in [1.807, 2.05) is 0 Å². The molecule has 8 nitrogen and oxygen atoms in total. The first kappa shape index (κ1) is 35.0. The first-order valence-electron chi connectivity index (χ1n) is 15.4. The van der Waals surface area contributed by atoms with Gasteiger partial charge in [-0.05, 0) is 72.5 Å². The fourth-order valence-corrected chi connectivity index (χ4v) is 6.57. The van der Waals surface area contributed by atoms with E-state index in [9.17, 15) is 37.1 Å². The van der Waals surface area contributed by atoms with Crippen LogP contribution >= 0.6 is 11.6 Å². The molecule has 3 heterocycles. The number of pyridine rings is 1. The summed E-state index contributed by atoms with van der Waals surface area (Å²) in [7, 11) is 0. The Labute approximate surface area is 285 Å². The molecule has 0 unspecified atom stereocenters. The Bertz CT molecular complexity index is 2060. The van der Waals surface area contributed by atoms with E-state index in [1.54, 1.807) is 11.0 Å². The standard InChI is InChI=1S/C35H28ClF6N3O5/c1-17-9-19-10-23(32(17)39)27(13-30(47)48)43-34(49)33(22-11-21(5-6-26(22)38)50-28-4-2-3-25(36)31(19)28)45-14-18(7-8-44-15-20(37)16-44)24(12-29(45)46)35(40,41)42/h2-6,9-12,14,20,27,33H,7-8,13,15-16H2,1H3,(H,43,49)(H,47,48)/t27-,33-/m1/s1. The maximum Gasteiger partial charge on any atom is 0.416 e. The van der Waals surface area contributed by atoms with Crippen LogP contribution in [0.4, 0.5) is 26.3 Å². The van der Waals surface area contributed by atoms with Crippen molar-refractivity contribution < 1.29 is 45.8 Å². The summed E-state index contributed by atoms with van der Waals surface area (Å²) < 4.78 is 94.2. The van der Waals surface area contributed by atoms with Crippen molar-refractivity contribution in [1.82, 2.24) is 14.8 Å². The van der Waals surface area contributed by atoms with Crippen molar-refractivity contribution in [2.45, 2.75) is 44.2 Å². The average Bonchev–Trinajstić information content (AvgIpc) is 3.02. The monoisotopic (exact) mass is 719 g/mol. The van der Waals surface area contributed by atoms with Crippen LogP contribution in [0.3, 0.4) is 0 Å². The quantitative estimate of drug-likeness (QED) is 0.208. The number of carbonyl (C=O) groups is 2. The lowest BCUT2D eigenvalue weighted by atomic mass is 9.93. The second kappa shape index (κ2) is 13.5. The van der Waals surface area contributed by atoms with Gasteiger partial charge in [-0.3, -0.25) is 23.9 Å². The van der Waals surface area contributed by atoms with Gasteiger partial charge in [-0.2, -0.15) is 13.2 Å². The predicted octanol–water partition coefficient (Wildman–Crippen LogP) is 7.00. The zero-order valence-electron chi connectivity index (χ0n) is 26.2. The largest absolute Gasteiger partial charge is 0.481 e. The number of aliphatic carboxylic acids is 1. The molecule has 1 aromatic heterocycles. The van der Waals surface area contributed by atoms with Gasteiger partial charge in [0.15, 0.2) is 0 Å². The molecule has 2 atom stereocenters. The van der Waals surface area contributed by atoms with Crippen molar-refractivity contribution in [1.29, 1.82) is 0 Å². The molecule has 0 spiro atoms. The summed E-state index contributed by atoms with van der Waals surface area (Å²) >= 11 is 6.57. The zero-order chi connectivity index (χ0) is 36.1. The van der Waals surface area contributed by atoms with Gasteiger partial charge in [-0.1, -0.05) is 17.7 Å². The second-order valence-corrected chi connectivity index (χ2v) is 12.6. The Morgan fingerprint density at radius 3 is 2.48 bits per heavy atom. The third kappa shape index (κ3) is 6.94. The number of aryl methyl sites for hydroxylation is 1. The number of carbonyl (C=O) groups excluding carboxylic acids is 1. The summed E-state index contributed by atoms with van der Waals surface area (Å²) in [5, 5.41) is 12.4. The van der Waals surface area contributed by atoms with Crippen LogP contribution < -0.4 is 15.6 Å². The molecule has 4 bridgehead atoms. The van der Waals surface area contributed by atoms with Crippen LogP contribution in [0.2, 0.25) is 5.02 Å². The number of rotatable bonds is 6. The lowest BCUT2D eigenvalue weighted by Crippen LogP contribution is -2.49. The molecule has 0 radical (unpaired) electrons. The van der Waals surface area contributed by atoms with Gasteiger partial charge in [0.25, 0.3) is 5.56 Å². The molecule has 1 saturated heterocycles. The van der Waals surface area contributed by atoms with Crippen LogP contribution in [0.1, 0.15) is 46.3 Å². The van der Waals surface area contributed by atoms with E-state index >= 15 is 8.78 Å². The fraction of sp³-hybridized carbons (Fsp3) is 0.286. The molecular weight excluding hydrogens is 692 g/mol. The van der Waals surface area contributed by atoms with Crippen LogP contribution in [0.25, 0.3) is 11.1 Å². The molecule has 3 aromatic carbocycles. The van der Waals surface area contributed by atoms with Gasteiger partial charge in [0, 0.05) is 48.6 Å². The molecule has 0 saturated carbocycles. The number of ether oxygens (including phenoxy) is 1.